The van der Waals surface area contributed by atoms with Crippen molar-refractivity contribution in [2.45, 2.75) is 25.2 Å². The molecular formula is C29H27NO3. The molecule has 1 aliphatic rings. The van der Waals surface area contributed by atoms with Gasteiger partial charge in [0.1, 0.15) is 0 Å². The minimum atomic E-state index is -0.755. The molecule has 4 aromatic rings. The average Bonchev–Trinajstić information content (AvgIpc) is 3.34. The summed E-state index contributed by atoms with van der Waals surface area (Å²) in [5.74, 6) is 1.39. The van der Waals surface area contributed by atoms with Crippen molar-refractivity contribution in [1.29, 1.82) is 0 Å². The van der Waals surface area contributed by atoms with Crippen molar-refractivity contribution in [2.24, 2.45) is 0 Å². The van der Waals surface area contributed by atoms with Crippen molar-refractivity contribution in [1.82, 2.24) is 4.90 Å². The summed E-state index contributed by atoms with van der Waals surface area (Å²) in [5, 5.41) is 11.8. The molecule has 4 heteroatoms. The highest BCUT2D eigenvalue weighted by Gasteiger charge is 2.30. The first-order valence-corrected chi connectivity index (χ1v) is 11.2. The summed E-state index contributed by atoms with van der Waals surface area (Å²) in [4.78, 5) is 2.34. The number of rotatable bonds is 8. The molecule has 0 spiro atoms. The van der Waals surface area contributed by atoms with E-state index in [4.69, 9.17) is 9.47 Å². The van der Waals surface area contributed by atoms with E-state index in [2.05, 4.69) is 65.6 Å². The summed E-state index contributed by atoms with van der Waals surface area (Å²) in [6, 6.07) is 36.5. The molecule has 1 heterocycles. The van der Waals surface area contributed by atoms with Gasteiger partial charge in [-0.05, 0) is 34.4 Å². The molecule has 166 valence electrons. The Labute approximate surface area is 194 Å². The first kappa shape index (κ1) is 21.3. The zero-order chi connectivity index (χ0) is 22.5. The fraction of sp³-hybridized carbons (Fsp3) is 0.172. The van der Waals surface area contributed by atoms with Gasteiger partial charge in [-0.2, -0.15) is 0 Å². The maximum atomic E-state index is 11.8. The number of hydrogen-bond acceptors (Lipinski definition) is 4. The van der Waals surface area contributed by atoms with Gasteiger partial charge in [-0.15, -0.1) is 0 Å². The summed E-state index contributed by atoms with van der Waals surface area (Å²) in [5.41, 5.74) is 4.27. The number of aliphatic hydroxyl groups is 1. The third-order valence-corrected chi connectivity index (χ3v) is 6.03. The van der Waals surface area contributed by atoms with Crippen LogP contribution in [0.1, 0.15) is 34.4 Å². The molecule has 0 bridgehead atoms. The molecule has 0 radical (unpaired) electrons. The summed E-state index contributed by atoms with van der Waals surface area (Å²) < 4.78 is 11.0. The van der Waals surface area contributed by atoms with Crippen LogP contribution in [0.5, 0.6) is 11.5 Å². The van der Waals surface area contributed by atoms with Crippen LogP contribution in [0.3, 0.4) is 0 Å². The molecule has 5 rings (SSSR count). The second-order valence-corrected chi connectivity index (χ2v) is 8.29. The van der Waals surface area contributed by atoms with Gasteiger partial charge in [-0.1, -0.05) is 97.1 Å². The summed E-state index contributed by atoms with van der Waals surface area (Å²) in [6.45, 7) is 1.62. The Morgan fingerprint density at radius 1 is 0.636 bits per heavy atom. The van der Waals surface area contributed by atoms with Crippen LogP contribution in [0.15, 0.2) is 109 Å². The standard InChI is InChI=1S/C29H27NO3/c31-29(25-16-17-26-27(18-25)33-21-32-26)28(24-14-8-3-9-15-24)30(19-22-10-4-1-5-11-22)20-23-12-6-2-7-13-23/h1-18,28-29,31H,19-21H2/t28-,29+/m0/s1. The Balaban J connectivity index is 1.55. The van der Waals surface area contributed by atoms with E-state index in [-0.39, 0.29) is 12.8 Å². The lowest BCUT2D eigenvalue weighted by Crippen LogP contribution is -2.32. The Kier molecular flexibility index (Phi) is 6.38. The molecule has 0 aliphatic carbocycles. The minimum Gasteiger partial charge on any atom is -0.454 e. The molecule has 1 N–H and O–H groups in total. The average molecular weight is 438 g/mol. The molecule has 33 heavy (non-hydrogen) atoms. The highest BCUT2D eigenvalue weighted by Crippen LogP contribution is 2.40. The van der Waals surface area contributed by atoms with E-state index >= 15 is 0 Å². The Morgan fingerprint density at radius 3 is 1.79 bits per heavy atom. The van der Waals surface area contributed by atoms with E-state index in [0.29, 0.717) is 24.6 Å². The van der Waals surface area contributed by atoms with E-state index < -0.39 is 6.10 Å². The summed E-state index contributed by atoms with van der Waals surface area (Å²) >= 11 is 0. The first-order chi connectivity index (χ1) is 16.3. The third kappa shape index (κ3) is 4.92. The lowest BCUT2D eigenvalue weighted by Gasteiger charge is -2.36. The largest absolute Gasteiger partial charge is 0.454 e. The smallest absolute Gasteiger partial charge is 0.231 e. The predicted molar refractivity (Wildman–Crippen MR) is 129 cm³/mol. The maximum absolute atomic E-state index is 11.8. The van der Waals surface area contributed by atoms with Gasteiger partial charge in [0.25, 0.3) is 0 Å². The second-order valence-electron chi connectivity index (χ2n) is 8.29. The van der Waals surface area contributed by atoms with Crippen LogP contribution in [-0.4, -0.2) is 16.8 Å². The molecule has 0 unspecified atom stereocenters. The quantitative estimate of drug-likeness (QED) is 0.373. The van der Waals surface area contributed by atoms with Crippen molar-refractivity contribution in [3.05, 3.63) is 131 Å². The number of ether oxygens (including phenoxy) is 2. The predicted octanol–water partition coefficient (Wildman–Crippen LogP) is 5.89. The van der Waals surface area contributed by atoms with Crippen molar-refractivity contribution in [3.8, 4) is 11.5 Å². The fourth-order valence-electron chi connectivity index (χ4n) is 4.41. The van der Waals surface area contributed by atoms with E-state index in [9.17, 15) is 5.11 Å². The monoisotopic (exact) mass is 437 g/mol. The van der Waals surface area contributed by atoms with Crippen molar-refractivity contribution < 1.29 is 14.6 Å². The van der Waals surface area contributed by atoms with Gasteiger partial charge in [0.15, 0.2) is 11.5 Å². The summed E-state index contributed by atoms with van der Waals surface area (Å²) in [6.07, 6.45) is -0.755. The van der Waals surface area contributed by atoms with Crippen LogP contribution in [0, 0.1) is 0 Å². The fourth-order valence-corrected chi connectivity index (χ4v) is 4.41. The van der Waals surface area contributed by atoms with Crippen molar-refractivity contribution in [3.63, 3.8) is 0 Å². The zero-order valence-corrected chi connectivity index (χ0v) is 18.4. The van der Waals surface area contributed by atoms with Crippen LogP contribution >= 0.6 is 0 Å². The SMILES string of the molecule is O[C@H](c1ccc2c(c1)OCO2)[C@H](c1ccccc1)N(Cc1ccccc1)Cc1ccccc1. The van der Waals surface area contributed by atoms with Gasteiger partial charge < -0.3 is 14.6 Å². The zero-order valence-electron chi connectivity index (χ0n) is 18.4. The number of aliphatic hydroxyl groups excluding tert-OH is 1. The Hall–Kier alpha value is -3.60. The van der Waals surface area contributed by atoms with Gasteiger partial charge in [0, 0.05) is 13.1 Å². The second kappa shape index (κ2) is 9.90. The van der Waals surface area contributed by atoms with E-state index in [1.165, 1.54) is 11.1 Å². The number of benzene rings is 4. The van der Waals surface area contributed by atoms with E-state index in [1.807, 2.05) is 48.5 Å². The van der Waals surface area contributed by atoms with Crippen LogP contribution in [-0.2, 0) is 13.1 Å². The van der Waals surface area contributed by atoms with Crippen molar-refractivity contribution in [2.75, 3.05) is 6.79 Å². The van der Waals surface area contributed by atoms with Gasteiger partial charge in [-0.3, -0.25) is 4.90 Å². The van der Waals surface area contributed by atoms with Crippen LogP contribution < -0.4 is 9.47 Å². The number of hydrogen-bond donors (Lipinski definition) is 1. The topological polar surface area (TPSA) is 41.9 Å². The van der Waals surface area contributed by atoms with Crippen molar-refractivity contribution >= 4 is 0 Å². The molecule has 0 fully saturated rings. The first-order valence-electron chi connectivity index (χ1n) is 11.2. The molecule has 4 aromatic carbocycles. The Bertz CT molecular complexity index is 1120. The molecule has 2 atom stereocenters. The minimum absolute atomic E-state index is 0.213. The van der Waals surface area contributed by atoms with Gasteiger partial charge in [0.2, 0.25) is 6.79 Å². The molecular weight excluding hydrogens is 410 g/mol. The number of nitrogens with zero attached hydrogens (tertiary/aromatic N) is 1. The van der Waals surface area contributed by atoms with Crippen LogP contribution in [0.2, 0.25) is 0 Å². The number of fused-ring (bicyclic) bond motifs is 1. The van der Waals surface area contributed by atoms with Crippen LogP contribution in [0.25, 0.3) is 0 Å². The normalized spacial score (nSPS) is 14.2. The lowest BCUT2D eigenvalue weighted by atomic mass is 9.93. The maximum Gasteiger partial charge on any atom is 0.231 e. The highest BCUT2D eigenvalue weighted by atomic mass is 16.7. The molecule has 1 aliphatic heterocycles. The molecule has 0 saturated carbocycles. The van der Waals surface area contributed by atoms with Gasteiger partial charge in [0.05, 0.1) is 12.1 Å². The Morgan fingerprint density at radius 2 is 1.18 bits per heavy atom. The molecule has 0 aromatic heterocycles. The van der Waals surface area contributed by atoms with E-state index in [0.717, 1.165) is 11.1 Å². The summed E-state index contributed by atoms with van der Waals surface area (Å²) in [7, 11) is 0. The molecule has 0 amide bonds. The molecule has 4 nitrogen and oxygen atoms in total. The highest BCUT2D eigenvalue weighted by molar-refractivity contribution is 5.45. The van der Waals surface area contributed by atoms with Crippen LogP contribution in [0.4, 0.5) is 0 Å². The van der Waals surface area contributed by atoms with E-state index in [1.54, 1.807) is 0 Å². The lowest BCUT2D eigenvalue weighted by molar-refractivity contribution is 0.0371. The molecule has 0 saturated heterocycles. The third-order valence-electron chi connectivity index (χ3n) is 6.03. The van der Waals surface area contributed by atoms with Gasteiger partial charge >= 0.3 is 0 Å². The van der Waals surface area contributed by atoms with Gasteiger partial charge in [-0.25, -0.2) is 0 Å².